The minimum absolute atomic E-state index is 0.0192. The fourth-order valence-electron chi connectivity index (χ4n) is 1.58. The number of amides is 1. The van der Waals surface area contributed by atoms with Crippen molar-refractivity contribution in [2.24, 2.45) is 0 Å². The summed E-state index contributed by atoms with van der Waals surface area (Å²) in [5, 5.41) is 0. The second-order valence-electron chi connectivity index (χ2n) is 4.28. The SMILES string of the molecule is COCCOCC(=O)N(C)C(C)c1ccc(F)cc1. The Labute approximate surface area is 113 Å². The molecule has 5 heteroatoms. The summed E-state index contributed by atoms with van der Waals surface area (Å²) in [5.74, 6) is -0.402. The quantitative estimate of drug-likeness (QED) is 0.711. The Morgan fingerprint density at radius 2 is 1.95 bits per heavy atom. The highest BCUT2D eigenvalue weighted by atomic mass is 19.1. The molecule has 0 heterocycles. The third-order valence-corrected chi connectivity index (χ3v) is 2.98. The Hall–Kier alpha value is -1.46. The van der Waals surface area contributed by atoms with E-state index in [1.54, 1.807) is 31.2 Å². The van der Waals surface area contributed by atoms with Gasteiger partial charge in [-0.15, -0.1) is 0 Å². The van der Waals surface area contributed by atoms with Crippen molar-refractivity contribution in [2.45, 2.75) is 13.0 Å². The number of hydrogen-bond acceptors (Lipinski definition) is 3. The number of methoxy groups -OCH3 is 1. The smallest absolute Gasteiger partial charge is 0.248 e. The average molecular weight is 269 g/mol. The molecule has 1 atom stereocenters. The minimum atomic E-state index is -0.284. The van der Waals surface area contributed by atoms with Crippen molar-refractivity contribution in [3.8, 4) is 0 Å². The lowest BCUT2D eigenvalue weighted by atomic mass is 10.1. The molecule has 0 N–H and O–H groups in total. The van der Waals surface area contributed by atoms with E-state index in [1.807, 2.05) is 6.92 Å². The van der Waals surface area contributed by atoms with E-state index in [0.717, 1.165) is 5.56 Å². The highest BCUT2D eigenvalue weighted by Gasteiger charge is 2.17. The molecule has 4 nitrogen and oxygen atoms in total. The molecule has 0 radical (unpaired) electrons. The first-order chi connectivity index (χ1) is 9.06. The van der Waals surface area contributed by atoms with Crippen molar-refractivity contribution in [2.75, 3.05) is 34.0 Å². The van der Waals surface area contributed by atoms with Crippen LogP contribution < -0.4 is 0 Å². The maximum Gasteiger partial charge on any atom is 0.248 e. The number of carbonyl (C=O) groups excluding carboxylic acids is 1. The molecule has 106 valence electrons. The maximum absolute atomic E-state index is 12.8. The first-order valence-electron chi connectivity index (χ1n) is 6.14. The van der Waals surface area contributed by atoms with Crippen molar-refractivity contribution in [1.82, 2.24) is 4.90 Å². The van der Waals surface area contributed by atoms with E-state index in [1.165, 1.54) is 12.1 Å². The van der Waals surface area contributed by atoms with Crippen LogP contribution in [0.5, 0.6) is 0 Å². The fraction of sp³-hybridized carbons (Fsp3) is 0.500. The van der Waals surface area contributed by atoms with Gasteiger partial charge in [-0.1, -0.05) is 12.1 Å². The van der Waals surface area contributed by atoms with Crippen LogP contribution >= 0.6 is 0 Å². The van der Waals surface area contributed by atoms with E-state index in [9.17, 15) is 9.18 Å². The highest BCUT2D eigenvalue weighted by Crippen LogP contribution is 2.18. The van der Waals surface area contributed by atoms with Gasteiger partial charge in [0.2, 0.25) is 5.91 Å². The lowest BCUT2D eigenvalue weighted by molar-refractivity contribution is -0.137. The van der Waals surface area contributed by atoms with Crippen LogP contribution in [0.2, 0.25) is 0 Å². The predicted octanol–water partition coefficient (Wildman–Crippen LogP) is 2.01. The monoisotopic (exact) mass is 269 g/mol. The molecule has 0 aliphatic heterocycles. The molecule has 0 spiro atoms. The zero-order valence-corrected chi connectivity index (χ0v) is 11.6. The number of halogens is 1. The van der Waals surface area contributed by atoms with Gasteiger partial charge in [-0.3, -0.25) is 4.79 Å². The molecule has 1 amide bonds. The van der Waals surface area contributed by atoms with Crippen LogP contribution in [0.4, 0.5) is 4.39 Å². The molecule has 1 unspecified atom stereocenters. The summed E-state index contributed by atoms with van der Waals surface area (Å²) < 4.78 is 22.8. The molecule has 0 fully saturated rings. The van der Waals surface area contributed by atoms with E-state index < -0.39 is 0 Å². The van der Waals surface area contributed by atoms with Crippen molar-refractivity contribution in [3.05, 3.63) is 35.6 Å². The zero-order chi connectivity index (χ0) is 14.3. The van der Waals surface area contributed by atoms with E-state index >= 15 is 0 Å². The fourth-order valence-corrected chi connectivity index (χ4v) is 1.58. The predicted molar refractivity (Wildman–Crippen MR) is 70.3 cm³/mol. The largest absolute Gasteiger partial charge is 0.382 e. The number of carbonyl (C=O) groups is 1. The Balaban J connectivity index is 2.49. The van der Waals surface area contributed by atoms with Crippen molar-refractivity contribution in [1.29, 1.82) is 0 Å². The van der Waals surface area contributed by atoms with Crippen LogP contribution in [-0.4, -0.2) is 44.8 Å². The summed E-state index contributed by atoms with van der Waals surface area (Å²) in [7, 11) is 3.28. The first kappa shape index (κ1) is 15.6. The minimum Gasteiger partial charge on any atom is -0.382 e. The Morgan fingerprint density at radius 3 is 2.53 bits per heavy atom. The third-order valence-electron chi connectivity index (χ3n) is 2.98. The number of likely N-dealkylation sites (N-methyl/N-ethyl adjacent to an activating group) is 1. The van der Waals surface area contributed by atoms with E-state index in [4.69, 9.17) is 9.47 Å². The Kier molecular flexibility index (Phi) is 6.45. The van der Waals surface area contributed by atoms with Crippen LogP contribution in [-0.2, 0) is 14.3 Å². The molecule has 0 aliphatic carbocycles. The van der Waals surface area contributed by atoms with E-state index in [-0.39, 0.29) is 24.4 Å². The van der Waals surface area contributed by atoms with Crippen molar-refractivity contribution in [3.63, 3.8) is 0 Å². The molecule has 0 saturated carbocycles. The number of benzene rings is 1. The Bertz CT molecular complexity index is 394. The molecule has 0 saturated heterocycles. The van der Waals surface area contributed by atoms with Gasteiger partial charge < -0.3 is 14.4 Å². The summed E-state index contributed by atoms with van der Waals surface area (Å²) >= 11 is 0. The summed E-state index contributed by atoms with van der Waals surface area (Å²) in [5.41, 5.74) is 0.883. The van der Waals surface area contributed by atoms with Gasteiger partial charge in [0.1, 0.15) is 12.4 Å². The summed E-state index contributed by atoms with van der Waals surface area (Å²) in [6.07, 6.45) is 0. The molecule has 1 rings (SSSR count). The van der Waals surface area contributed by atoms with Gasteiger partial charge >= 0.3 is 0 Å². The standard InChI is InChI=1S/C14H20FNO3/c1-11(12-4-6-13(15)7-5-12)16(2)14(17)10-19-9-8-18-3/h4-7,11H,8-10H2,1-3H3. The highest BCUT2D eigenvalue weighted by molar-refractivity contribution is 5.77. The number of hydrogen-bond donors (Lipinski definition) is 0. The van der Waals surface area contributed by atoms with Crippen LogP contribution in [0, 0.1) is 5.82 Å². The summed E-state index contributed by atoms with van der Waals surface area (Å²) in [4.78, 5) is 13.5. The van der Waals surface area contributed by atoms with Gasteiger partial charge in [-0.25, -0.2) is 4.39 Å². The molecule has 1 aromatic rings. The zero-order valence-electron chi connectivity index (χ0n) is 11.6. The number of rotatable bonds is 7. The van der Waals surface area contributed by atoms with Gasteiger partial charge in [-0.05, 0) is 24.6 Å². The molecular formula is C14H20FNO3. The molecule has 0 bridgehead atoms. The van der Waals surface area contributed by atoms with E-state index in [2.05, 4.69) is 0 Å². The summed E-state index contributed by atoms with van der Waals surface area (Å²) in [6, 6.07) is 6.00. The van der Waals surface area contributed by atoms with E-state index in [0.29, 0.717) is 13.2 Å². The first-order valence-corrected chi connectivity index (χ1v) is 6.14. The second kappa shape index (κ2) is 7.86. The third kappa shape index (κ3) is 4.96. The van der Waals surface area contributed by atoms with Gasteiger partial charge in [-0.2, -0.15) is 0 Å². The topological polar surface area (TPSA) is 38.8 Å². The number of nitrogens with zero attached hydrogens (tertiary/aromatic N) is 1. The van der Waals surface area contributed by atoms with Crippen LogP contribution in [0.15, 0.2) is 24.3 Å². The van der Waals surface area contributed by atoms with Crippen LogP contribution in [0.1, 0.15) is 18.5 Å². The van der Waals surface area contributed by atoms with Crippen LogP contribution in [0.3, 0.4) is 0 Å². The molecule has 0 aliphatic rings. The van der Waals surface area contributed by atoms with Crippen LogP contribution in [0.25, 0.3) is 0 Å². The molecule has 19 heavy (non-hydrogen) atoms. The average Bonchev–Trinajstić information content (AvgIpc) is 2.42. The van der Waals surface area contributed by atoms with Gasteiger partial charge in [0.15, 0.2) is 0 Å². The number of ether oxygens (including phenoxy) is 2. The molecule has 0 aromatic heterocycles. The van der Waals surface area contributed by atoms with Gasteiger partial charge in [0.25, 0.3) is 0 Å². The maximum atomic E-state index is 12.8. The van der Waals surface area contributed by atoms with Crippen molar-refractivity contribution < 1.29 is 18.7 Å². The summed E-state index contributed by atoms with van der Waals surface area (Å²) in [6.45, 7) is 2.76. The normalized spacial score (nSPS) is 12.2. The second-order valence-corrected chi connectivity index (χ2v) is 4.28. The lowest BCUT2D eigenvalue weighted by Crippen LogP contribution is -2.33. The van der Waals surface area contributed by atoms with Gasteiger partial charge in [0.05, 0.1) is 19.3 Å². The van der Waals surface area contributed by atoms with Crippen molar-refractivity contribution >= 4 is 5.91 Å². The lowest BCUT2D eigenvalue weighted by Gasteiger charge is -2.25. The molecular weight excluding hydrogens is 249 g/mol. The Morgan fingerprint density at radius 1 is 1.32 bits per heavy atom. The van der Waals surface area contributed by atoms with Gasteiger partial charge in [0, 0.05) is 14.2 Å². The molecule has 1 aromatic carbocycles.